The van der Waals surface area contributed by atoms with Gasteiger partial charge in [-0.3, -0.25) is 14.9 Å². The van der Waals surface area contributed by atoms with Crippen LogP contribution in [0.4, 0.5) is 11.4 Å². The normalized spacial score (nSPS) is 10.8. The molecule has 0 saturated heterocycles. The highest BCUT2D eigenvalue weighted by molar-refractivity contribution is 6.09. The zero-order valence-corrected chi connectivity index (χ0v) is 14.4. The van der Waals surface area contributed by atoms with E-state index in [1.807, 2.05) is 18.2 Å². The molecule has 2 aromatic rings. The van der Waals surface area contributed by atoms with Gasteiger partial charge in [-0.15, -0.1) is 0 Å². The zero-order chi connectivity index (χ0) is 18.9. The van der Waals surface area contributed by atoms with E-state index in [4.69, 9.17) is 0 Å². The van der Waals surface area contributed by atoms with Gasteiger partial charge in [0.2, 0.25) is 0 Å². The summed E-state index contributed by atoms with van der Waals surface area (Å²) in [4.78, 5) is 22.6. The van der Waals surface area contributed by atoms with E-state index in [-0.39, 0.29) is 11.3 Å². The number of aryl methyl sites for hydroxylation is 1. The Bertz CT molecular complexity index is 865. The molecule has 0 bridgehead atoms. The summed E-state index contributed by atoms with van der Waals surface area (Å²) in [6.07, 6.45) is 4.54. The Morgan fingerprint density at radius 1 is 1.27 bits per heavy atom. The summed E-state index contributed by atoms with van der Waals surface area (Å²) in [5, 5.41) is 22.7. The molecule has 2 rings (SSSR count). The largest absolute Gasteiger partial charge is 0.321 e. The van der Waals surface area contributed by atoms with Crippen LogP contribution in [0, 0.1) is 21.4 Å². The monoisotopic (exact) mass is 349 g/mol. The number of rotatable bonds is 7. The van der Waals surface area contributed by atoms with Crippen molar-refractivity contribution >= 4 is 23.4 Å². The molecule has 0 fully saturated rings. The van der Waals surface area contributed by atoms with Crippen molar-refractivity contribution in [2.75, 3.05) is 5.32 Å². The molecular formula is C20H19N3O3. The number of nitro benzene ring substituents is 1. The third-order valence-corrected chi connectivity index (χ3v) is 3.79. The predicted octanol–water partition coefficient (Wildman–Crippen LogP) is 4.48. The molecule has 0 saturated carbocycles. The number of nitro groups is 1. The van der Waals surface area contributed by atoms with Gasteiger partial charge in [-0.1, -0.05) is 37.6 Å². The smallest absolute Gasteiger partial charge is 0.270 e. The van der Waals surface area contributed by atoms with Crippen LogP contribution in [0.2, 0.25) is 0 Å². The number of hydrogen-bond donors (Lipinski definition) is 1. The highest BCUT2D eigenvalue weighted by Gasteiger charge is 2.11. The Labute approximate surface area is 151 Å². The number of nitrogens with one attached hydrogen (secondary N) is 1. The Hall–Kier alpha value is -3.46. The molecule has 132 valence electrons. The van der Waals surface area contributed by atoms with Crippen LogP contribution < -0.4 is 5.32 Å². The van der Waals surface area contributed by atoms with Crippen LogP contribution in [0.15, 0.2) is 54.1 Å². The molecule has 2 aromatic carbocycles. The van der Waals surface area contributed by atoms with Crippen molar-refractivity contribution in [1.29, 1.82) is 5.26 Å². The highest BCUT2D eigenvalue weighted by atomic mass is 16.6. The van der Waals surface area contributed by atoms with Gasteiger partial charge in [0.05, 0.1) is 4.92 Å². The molecule has 0 aliphatic heterocycles. The third kappa shape index (κ3) is 5.28. The maximum absolute atomic E-state index is 12.3. The first-order chi connectivity index (χ1) is 12.5. The van der Waals surface area contributed by atoms with Crippen LogP contribution in [-0.2, 0) is 11.2 Å². The molecule has 0 aliphatic carbocycles. The van der Waals surface area contributed by atoms with Crippen molar-refractivity contribution in [3.05, 3.63) is 75.3 Å². The van der Waals surface area contributed by atoms with E-state index < -0.39 is 10.8 Å². The molecule has 0 aromatic heterocycles. The van der Waals surface area contributed by atoms with Gasteiger partial charge in [0.25, 0.3) is 11.6 Å². The van der Waals surface area contributed by atoms with Crippen molar-refractivity contribution in [3.8, 4) is 6.07 Å². The summed E-state index contributed by atoms with van der Waals surface area (Å²) in [7, 11) is 0. The Balaban J connectivity index is 2.12. The second-order valence-corrected chi connectivity index (χ2v) is 5.78. The predicted molar refractivity (Wildman–Crippen MR) is 100 cm³/mol. The first kappa shape index (κ1) is 18.9. The van der Waals surface area contributed by atoms with Gasteiger partial charge in [-0.25, -0.2) is 0 Å². The second-order valence-electron chi connectivity index (χ2n) is 5.78. The van der Waals surface area contributed by atoms with Gasteiger partial charge in [0, 0.05) is 17.8 Å². The first-order valence-corrected chi connectivity index (χ1v) is 8.30. The SMILES string of the molecule is CCCCc1ccc(NC(=O)C(C#N)=Cc2cccc([N+](=O)[O-])c2)cc1. The zero-order valence-electron chi connectivity index (χ0n) is 14.4. The van der Waals surface area contributed by atoms with Crippen LogP contribution in [0.3, 0.4) is 0 Å². The molecule has 6 heteroatoms. The lowest BCUT2D eigenvalue weighted by atomic mass is 10.1. The average Bonchev–Trinajstić information content (AvgIpc) is 2.65. The highest BCUT2D eigenvalue weighted by Crippen LogP contribution is 2.17. The van der Waals surface area contributed by atoms with E-state index in [1.54, 1.807) is 18.2 Å². The van der Waals surface area contributed by atoms with Gasteiger partial charge in [-0.2, -0.15) is 5.26 Å². The fourth-order valence-electron chi connectivity index (χ4n) is 2.38. The van der Waals surface area contributed by atoms with Crippen LogP contribution in [-0.4, -0.2) is 10.8 Å². The summed E-state index contributed by atoms with van der Waals surface area (Å²) in [6, 6.07) is 15.1. The Morgan fingerprint density at radius 2 is 2.00 bits per heavy atom. The Morgan fingerprint density at radius 3 is 2.62 bits per heavy atom. The molecule has 0 atom stereocenters. The molecule has 1 amide bonds. The summed E-state index contributed by atoms with van der Waals surface area (Å²) < 4.78 is 0. The van der Waals surface area contributed by atoms with Gasteiger partial charge in [0.15, 0.2) is 0 Å². The molecule has 0 radical (unpaired) electrons. The van der Waals surface area contributed by atoms with Crippen LogP contribution in [0.25, 0.3) is 6.08 Å². The van der Waals surface area contributed by atoms with Crippen molar-refractivity contribution < 1.29 is 9.72 Å². The van der Waals surface area contributed by atoms with Gasteiger partial charge in [0.1, 0.15) is 11.6 Å². The lowest BCUT2D eigenvalue weighted by Gasteiger charge is -2.06. The molecular weight excluding hydrogens is 330 g/mol. The number of amides is 1. The minimum Gasteiger partial charge on any atom is -0.321 e. The lowest BCUT2D eigenvalue weighted by Crippen LogP contribution is -2.13. The number of anilines is 1. The number of carbonyl (C=O) groups excluding carboxylic acids is 1. The number of unbranched alkanes of at least 4 members (excludes halogenated alkanes) is 1. The van der Waals surface area contributed by atoms with E-state index in [0.717, 1.165) is 19.3 Å². The maximum atomic E-state index is 12.3. The standard InChI is InChI=1S/C20H19N3O3/c1-2-3-5-15-8-10-18(11-9-15)22-20(24)17(14-21)12-16-6-4-7-19(13-16)23(25)26/h4,6-13H,2-3,5H2,1H3,(H,22,24). The van der Waals surface area contributed by atoms with Crippen LogP contribution >= 0.6 is 0 Å². The van der Waals surface area contributed by atoms with E-state index >= 15 is 0 Å². The van der Waals surface area contributed by atoms with Gasteiger partial charge in [-0.05, 0) is 42.2 Å². The maximum Gasteiger partial charge on any atom is 0.270 e. The molecule has 6 nitrogen and oxygen atoms in total. The van der Waals surface area contributed by atoms with E-state index in [0.29, 0.717) is 11.3 Å². The number of carbonyl (C=O) groups is 1. The van der Waals surface area contributed by atoms with E-state index in [1.165, 1.54) is 29.8 Å². The number of non-ortho nitro benzene ring substituents is 1. The molecule has 0 spiro atoms. The summed E-state index contributed by atoms with van der Waals surface area (Å²) in [6.45, 7) is 2.13. The Kier molecular flexibility index (Phi) is 6.63. The van der Waals surface area contributed by atoms with Crippen molar-refractivity contribution in [1.82, 2.24) is 0 Å². The van der Waals surface area contributed by atoms with Gasteiger partial charge < -0.3 is 5.32 Å². The van der Waals surface area contributed by atoms with Crippen molar-refractivity contribution in [2.24, 2.45) is 0 Å². The van der Waals surface area contributed by atoms with Crippen molar-refractivity contribution in [2.45, 2.75) is 26.2 Å². The third-order valence-electron chi connectivity index (χ3n) is 3.79. The first-order valence-electron chi connectivity index (χ1n) is 8.30. The molecule has 26 heavy (non-hydrogen) atoms. The second kappa shape index (κ2) is 9.14. The fraction of sp³-hybridized carbons (Fsp3) is 0.200. The summed E-state index contributed by atoms with van der Waals surface area (Å²) >= 11 is 0. The fourth-order valence-corrected chi connectivity index (χ4v) is 2.38. The molecule has 0 unspecified atom stereocenters. The molecule has 0 aliphatic rings. The van der Waals surface area contributed by atoms with Crippen LogP contribution in [0.5, 0.6) is 0 Å². The number of hydrogen-bond acceptors (Lipinski definition) is 4. The summed E-state index contributed by atoms with van der Waals surface area (Å²) in [5.41, 5.74) is 1.98. The number of nitriles is 1. The van der Waals surface area contributed by atoms with E-state index in [2.05, 4.69) is 12.2 Å². The quantitative estimate of drug-likeness (QED) is 0.345. The van der Waals surface area contributed by atoms with Crippen LogP contribution in [0.1, 0.15) is 30.9 Å². The average molecular weight is 349 g/mol. The van der Waals surface area contributed by atoms with Crippen molar-refractivity contribution in [3.63, 3.8) is 0 Å². The summed E-state index contributed by atoms with van der Waals surface area (Å²) in [5.74, 6) is -0.555. The number of nitrogens with zero attached hydrogens (tertiary/aromatic N) is 2. The molecule has 0 heterocycles. The lowest BCUT2D eigenvalue weighted by molar-refractivity contribution is -0.384. The minimum absolute atomic E-state index is 0.0980. The molecule has 1 N–H and O–H groups in total. The van der Waals surface area contributed by atoms with Gasteiger partial charge >= 0.3 is 0 Å². The minimum atomic E-state index is -0.555. The number of benzene rings is 2. The van der Waals surface area contributed by atoms with E-state index in [9.17, 15) is 20.2 Å². The topological polar surface area (TPSA) is 96.0 Å².